The number of hydrogen-bond donors (Lipinski definition) is 0. The van der Waals surface area contributed by atoms with Crippen molar-refractivity contribution in [2.24, 2.45) is 0 Å². The van der Waals surface area contributed by atoms with Gasteiger partial charge in [0.05, 0.1) is 6.07 Å². The van der Waals surface area contributed by atoms with E-state index in [1.165, 1.54) is 5.56 Å². The first-order valence-electron chi connectivity index (χ1n) is 5.85. The minimum Gasteiger partial charge on any atom is -0.299 e. The third-order valence-electron chi connectivity index (χ3n) is 2.62. The van der Waals surface area contributed by atoms with Crippen LogP contribution in [0.2, 0.25) is 0 Å². The molecule has 0 N–H and O–H groups in total. The van der Waals surface area contributed by atoms with Gasteiger partial charge in [0, 0.05) is 25.4 Å². The summed E-state index contributed by atoms with van der Waals surface area (Å²) in [7, 11) is 0. The molecule has 0 unspecified atom stereocenters. The quantitative estimate of drug-likeness (QED) is 0.659. The van der Waals surface area contributed by atoms with Gasteiger partial charge >= 0.3 is 0 Å². The molecule has 0 amide bonds. The number of aromatic nitrogens is 1. The number of nitriles is 1. The van der Waals surface area contributed by atoms with Crippen LogP contribution in [0.1, 0.15) is 31.7 Å². The number of rotatable bonds is 7. The van der Waals surface area contributed by atoms with Crippen molar-refractivity contribution < 1.29 is 0 Å². The van der Waals surface area contributed by atoms with Gasteiger partial charge in [-0.25, -0.2) is 0 Å². The summed E-state index contributed by atoms with van der Waals surface area (Å²) >= 11 is 0. The standard InChI is InChI=1S/C13H19N3/c1-2-16(11-5-3-4-8-14)12-13-6-9-15-10-7-13/h6-7,9-10H,2-5,11-12H2,1H3. The topological polar surface area (TPSA) is 39.9 Å². The Morgan fingerprint density at radius 3 is 2.69 bits per heavy atom. The Labute approximate surface area is 97.7 Å². The van der Waals surface area contributed by atoms with Crippen molar-refractivity contribution in [3.05, 3.63) is 30.1 Å². The molecule has 0 bridgehead atoms. The first-order valence-corrected chi connectivity index (χ1v) is 5.85. The van der Waals surface area contributed by atoms with Gasteiger partial charge in [0.2, 0.25) is 0 Å². The molecule has 1 heterocycles. The normalized spacial score (nSPS) is 10.3. The van der Waals surface area contributed by atoms with Gasteiger partial charge < -0.3 is 0 Å². The van der Waals surface area contributed by atoms with Gasteiger partial charge in [-0.15, -0.1) is 0 Å². The van der Waals surface area contributed by atoms with E-state index < -0.39 is 0 Å². The van der Waals surface area contributed by atoms with E-state index in [0.717, 1.165) is 32.5 Å². The second-order valence-corrected chi connectivity index (χ2v) is 3.84. The van der Waals surface area contributed by atoms with Crippen molar-refractivity contribution in [1.82, 2.24) is 9.88 Å². The van der Waals surface area contributed by atoms with Gasteiger partial charge in [0.25, 0.3) is 0 Å². The molecule has 86 valence electrons. The summed E-state index contributed by atoms with van der Waals surface area (Å²) in [5.74, 6) is 0. The molecular formula is C13H19N3. The smallest absolute Gasteiger partial charge is 0.0621 e. The summed E-state index contributed by atoms with van der Waals surface area (Å²) in [6.07, 6.45) is 6.44. The molecule has 3 heteroatoms. The molecule has 0 aromatic carbocycles. The predicted octanol–water partition coefficient (Wildman–Crippen LogP) is 2.60. The zero-order valence-electron chi connectivity index (χ0n) is 9.89. The maximum absolute atomic E-state index is 8.45. The molecule has 0 spiro atoms. The molecule has 0 aliphatic rings. The van der Waals surface area contributed by atoms with Gasteiger partial charge in [-0.1, -0.05) is 6.92 Å². The van der Waals surface area contributed by atoms with Crippen LogP contribution in [0.15, 0.2) is 24.5 Å². The van der Waals surface area contributed by atoms with Crippen molar-refractivity contribution in [3.63, 3.8) is 0 Å². The number of unbranched alkanes of at least 4 members (excludes halogenated alkanes) is 2. The highest BCUT2D eigenvalue weighted by Crippen LogP contribution is 2.05. The van der Waals surface area contributed by atoms with Gasteiger partial charge in [-0.05, 0) is 43.6 Å². The van der Waals surface area contributed by atoms with Gasteiger partial charge in [-0.2, -0.15) is 5.26 Å². The molecule has 0 saturated carbocycles. The van der Waals surface area contributed by atoms with Crippen LogP contribution in [-0.4, -0.2) is 23.0 Å². The third kappa shape index (κ3) is 4.90. The highest BCUT2D eigenvalue weighted by atomic mass is 15.1. The molecule has 0 fully saturated rings. The van der Waals surface area contributed by atoms with Gasteiger partial charge in [0.15, 0.2) is 0 Å². The molecule has 1 aromatic heterocycles. The van der Waals surface area contributed by atoms with Crippen LogP contribution in [0.5, 0.6) is 0 Å². The predicted molar refractivity (Wildman–Crippen MR) is 64.7 cm³/mol. The van der Waals surface area contributed by atoms with Crippen LogP contribution in [0.25, 0.3) is 0 Å². The van der Waals surface area contributed by atoms with Gasteiger partial charge in [-0.3, -0.25) is 9.88 Å². The van der Waals surface area contributed by atoms with Crippen LogP contribution >= 0.6 is 0 Å². The Hall–Kier alpha value is -1.40. The van der Waals surface area contributed by atoms with Crippen molar-refractivity contribution in [3.8, 4) is 6.07 Å². The zero-order valence-corrected chi connectivity index (χ0v) is 9.89. The van der Waals surface area contributed by atoms with Crippen LogP contribution in [0, 0.1) is 11.3 Å². The third-order valence-corrected chi connectivity index (χ3v) is 2.62. The lowest BCUT2D eigenvalue weighted by Crippen LogP contribution is -2.23. The van der Waals surface area contributed by atoms with E-state index in [1.807, 2.05) is 12.4 Å². The minimum atomic E-state index is 0.673. The fraction of sp³-hybridized carbons (Fsp3) is 0.538. The average Bonchev–Trinajstić information content (AvgIpc) is 2.34. The van der Waals surface area contributed by atoms with E-state index in [0.29, 0.717) is 6.42 Å². The molecule has 0 aliphatic heterocycles. The first kappa shape index (κ1) is 12.7. The van der Waals surface area contributed by atoms with E-state index in [2.05, 4.69) is 35.0 Å². The molecule has 0 aliphatic carbocycles. The van der Waals surface area contributed by atoms with E-state index in [4.69, 9.17) is 5.26 Å². The second kappa shape index (κ2) is 7.84. The Morgan fingerprint density at radius 2 is 2.06 bits per heavy atom. The summed E-state index contributed by atoms with van der Waals surface area (Å²) in [6.45, 7) is 5.27. The lowest BCUT2D eigenvalue weighted by atomic mass is 10.2. The van der Waals surface area contributed by atoms with Gasteiger partial charge in [0.1, 0.15) is 0 Å². The summed E-state index contributed by atoms with van der Waals surface area (Å²) in [5, 5.41) is 8.45. The average molecular weight is 217 g/mol. The fourth-order valence-corrected chi connectivity index (χ4v) is 1.63. The second-order valence-electron chi connectivity index (χ2n) is 3.84. The molecule has 16 heavy (non-hydrogen) atoms. The van der Waals surface area contributed by atoms with Crippen LogP contribution < -0.4 is 0 Å². The Kier molecular flexibility index (Phi) is 6.20. The van der Waals surface area contributed by atoms with Crippen LogP contribution in [-0.2, 0) is 6.54 Å². The molecule has 0 atom stereocenters. The Balaban J connectivity index is 2.30. The molecule has 3 nitrogen and oxygen atoms in total. The molecule has 1 aromatic rings. The largest absolute Gasteiger partial charge is 0.299 e. The highest BCUT2D eigenvalue weighted by molar-refractivity contribution is 5.09. The summed E-state index contributed by atoms with van der Waals surface area (Å²) < 4.78 is 0. The first-order chi connectivity index (χ1) is 7.86. The lowest BCUT2D eigenvalue weighted by molar-refractivity contribution is 0.274. The SMILES string of the molecule is CCN(CCCCC#N)Cc1ccncc1. The van der Waals surface area contributed by atoms with Crippen molar-refractivity contribution >= 4 is 0 Å². The molecule has 0 saturated heterocycles. The van der Waals surface area contributed by atoms with Crippen molar-refractivity contribution in [2.75, 3.05) is 13.1 Å². The van der Waals surface area contributed by atoms with Crippen molar-refractivity contribution in [2.45, 2.75) is 32.7 Å². The molecular weight excluding hydrogens is 198 g/mol. The minimum absolute atomic E-state index is 0.673. The van der Waals surface area contributed by atoms with E-state index in [1.54, 1.807) is 0 Å². The fourth-order valence-electron chi connectivity index (χ4n) is 1.63. The Bertz CT molecular complexity index is 316. The monoisotopic (exact) mass is 217 g/mol. The molecule has 0 radical (unpaired) electrons. The Morgan fingerprint density at radius 1 is 1.31 bits per heavy atom. The van der Waals surface area contributed by atoms with Crippen LogP contribution in [0.3, 0.4) is 0 Å². The maximum Gasteiger partial charge on any atom is 0.0621 e. The highest BCUT2D eigenvalue weighted by Gasteiger charge is 2.02. The van der Waals surface area contributed by atoms with E-state index >= 15 is 0 Å². The summed E-state index contributed by atoms with van der Waals surface area (Å²) in [6, 6.07) is 6.29. The maximum atomic E-state index is 8.45. The van der Waals surface area contributed by atoms with Crippen LogP contribution in [0.4, 0.5) is 0 Å². The summed E-state index contributed by atoms with van der Waals surface area (Å²) in [4.78, 5) is 6.41. The number of nitrogens with zero attached hydrogens (tertiary/aromatic N) is 3. The number of hydrogen-bond acceptors (Lipinski definition) is 3. The van der Waals surface area contributed by atoms with E-state index in [-0.39, 0.29) is 0 Å². The lowest BCUT2D eigenvalue weighted by Gasteiger charge is -2.19. The van der Waals surface area contributed by atoms with Crippen molar-refractivity contribution in [1.29, 1.82) is 5.26 Å². The number of pyridine rings is 1. The summed E-state index contributed by atoms with van der Waals surface area (Å²) in [5.41, 5.74) is 1.30. The van der Waals surface area contributed by atoms with E-state index in [9.17, 15) is 0 Å². The molecule has 1 rings (SSSR count). The zero-order chi connectivity index (χ0) is 11.6.